The van der Waals surface area contributed by atoms with Gasteiger partial charge in [0, 0.05) is 11.8 Å². The number of hydrogen-bond acceptors (Lipinski definition) is 5. The molecular formula is C15H28O3S2. The maximum atomic E-state index is 10.7. The Morgan fingerprint density at radius 2 is 1.70 bits per heavy atom. The molecule has 0 aliphatic carbocycles. The summed E-state index contributed by atoms with van der Waals surface area (Å²) in [4.78, 5) is 0. The molecule has 2 rings (SSSR count). The van der Waals surface area contributed by atoms with Gasteiger partial charge in [0.15, 0.2) is 5.79 Å². The molecule has 0 amide bonds. The van der Waals surface area contributed by atoms with E-state index in [0.717, 1.165) is 0 Å². The van der Waals surface area contributed by atoms with Crippen LogP contribution in [0.4, 0.5) is 0 Å². The summed E-state index contributed by atoms with van der Waals surface area (Å²) < 4.78 is 12.3. The molecule has 2 fully saturated rings. The molecular weight excluding hydrogens is 292 g/mol. The fraction of sp³-hybridized carbons (Fsp3) is 1.00. The Hall–Kier alpha value is 0.580. The van der Waals surface area contributed by atoms with Gasteiger partial charge in [0.05, 0.1) is 22.9 Å². The van der Waals surface area contributed by atoms with Gasteiger partial charge in [-0.2, -0.15) is 0 Å². The maximum absolute atomic E-state index is 10.7. The number of ether oxygens (including phenoxy) is 2. The van der Waals surface area contributed by atoms with Crippen molar-refractivity contribution in [3.8, 4) is 0 Å². The Morgan fingerprint density at radius 3 is 2.20 bits per heavy atom. The van der Waals surface area contributed by atoms with Crippen molar-refractivity contribution in [3.63, 3.8) is 0 Å². The quantitative estimate of drug-likeness (QED) is 0.860. The van der Waals surface area contributed by atoms with E-state index >= 15 is 0 Å². The highest BCUT2D eigenvalue weighted by Gasteiger charge is 2.45. The SMILES string of the molecule is C[C@H]([C@H](O)[C@H](C)C1SCCCS1)[C@@H]1OC(C)(C)O[C@@H]1C. The van der Waals surface area contributed by atoms with Crippen molar-refractivity contribution in [1.29, 1.82) is 0 Å². The fourth-order valence-corrected chi connectivity index (χ4v) is 6.31. The number of hydrogen-bond donors (Lipinski definition) is 1. The minimum atomic E-state index is -0.532. The van der Waals surface area contributed by atoms with Gasteiger partial charge in [0.1, 0.15) is 0 Å². The van der Waals surface area contributed by atoms with Crippen LogP contribution in [-0.4, -0.2) is 45.3 Å². The van der Waals surface area contributed by atoms with E-state index in [1.807, 2.05) is 44.3 Å². The third-order valence-corrected chi connectivity index (χ3v) is 7.61. The summed E-state index contributed by atoms with van der Waals surface area (Å²) in [7, 11) is 0. The lowest BCUT2D eigenvalue weighted by Crippen LogP contribution is -2.41. The highest BCUT2D eigenvalue weighted by Crippen LogP contribution is 2.40. The highest BCUT2D eigenvalue weighted by molar-refractivity contribution is 8.17. The lowest BCUT2D eigenvalue weighted by Gasteiger charge is -2.35. The van der Waals surface area contributed by atoms with Crippen molar-refractivity contribution in [3.05, 3.63) is 0 Å². The molecule has 0 bridgehead atoms. The van der Waals surface area contributed by atoms with Crippen molar-refractivity contribution in [2.45, 2.75) is 69.7 Å². The number of rotatable bonds is 4. The standard InChI is InChI=1S/C15H28O3S2/c1-9(13-11(3)17-15(4,5)18-13)12(16)10(2)14-19-7-6-8-20-14/h9-14,16H,6-8H2,1-5H3/t9-,10+,11-,12+,13+/m1/s1. The van der Waals surface area contributed by atoms with Crippen LogP contribution in [0, 0.1) is 11.8 Å². The topological polar surface area (TPSA) is 38.7 Å². The minimum Gasteiger partial charge on any atom is -0.392 e. The van der Waals surface area contributed by atoms with Gasteiger partial charge in [0.25, 0.3) is 0 Å². The monoisotopic (exact) mass is 320 g/mol. The Bertz CT molecular complexity index is 318. The van der Waals surface area contributed by atoms with Crippen LogP contribution in [0.15, 0.2) is 0 Å². The van der Waals surface area contributed by atoms with E-state index in [2.05, 4.69) is 13.8 Å². The van der Waals surface area contributed by atoms with E-state index in [4.69, 9.17) is 9.47 Å². The Kier molecular flexibility index (Phi) is 5.74. The second-order valence-electron chi connectivity index (χ2n) is 6.48. The fourth-order valence-electron chi connectivity index (χ4n) is 3.14. The molecule has 1 N–H and O–H groups in total. The maximum Gasteiger partial charge on any atom is 0.163 e. The second-order valence-corrected chi connectivity index (χ2v) is 9.27. The molecule has 0 radical (unpaired) electrons. The zero-order chi connectivity index (χ0) is 14.9. The van der Waals surface area contributed by atoms with Crippen LogP contribution in [0.3, 0.4) is 0 Å². The molecule has 2 heterocycles. The first-order valence-corrected chi connectivity index (χ1v) is 9.68. The molecule has 20 heavy (non-hydrogen) atoms. The van der Waals surface area contributed by atoms with Crippen LogP contribution >= 0.6 is 23.5 Å². The molecule has 2 saturated heterocycles. The van der Waals surface area contributed by atoms with Crippen molar-refractivity contribution >= 4 is 23.5 Å². The summed E-state index contributed by atoms with van der Waals surface area (Å²) in [6.45, 7) is 10.2. The van der Waals surface area contributed by atoms with E-state index in [0.29, 0.717) is 4.58 Å². The Balaban J connectivity index is 1.95. The summed E-state index contributed by atoms with van der Waals surface area (Å²) in [5.74, 6) is 2.27. The van der Waals surface area contributed by atoms with Gasteiger partial charge < -0.3 is 14.6 Å². The second kappa shape index (κ2) is 6.78. The van der Waals surface area contributed by atoms with Crippen molar-refractivity contribution in [2.24, 2.45) is 11.8 Å². The van der Waals surface area contributed by atoms with Crippen molar-refractivity contribution in [1.82, 2.24) is 0 Å². The molecule has 5 atom stereocenters. The van der Waals surface area contributed by atoms with Crippen LogP contribution < -0.4 is 0 Å². The van der Waals surface area contributed by atoms with E-state index in [-0.39, 0.29) is 30.1 Å². The van der Waals surface area contributed by atoms with E-state index in [9.17, 15) is 5.11 Å². The molecule has 118 valence electrons. The zero-order valence-electron chi connectivity index (χ0n) is 13.2. The van der Waals surface area contributed by atoms with Crippen LogP contribution in [0.5, 0.6) is 0 Å². The van der Waals surface area contributed by atoms with Crippen LogP contribution in [0.2, 0.25) is 0 Å². The van der Waals surface area contributed by atoms with Gasteiger partial charge in [-0.25, -0.2) is 0 Å². The molecule has 5 heteroatoms. The lowest BCUT2D eigenvalue weighted by molar-refractivity contribution is -0.153. The van der Waals surface area contributed by atoms with Gasteiger partial charge in [0.2, 0.25) is 0 Å². The molecule has 2 aliphatic heterocycles. The van der Waals surface area contributed by atoms with E-state index < -0.39 is 5.79 Å². The summed E-state index contributed by atoms with van der Waals surface area (Å²) in [5, 5.41) is 10.7. The first-order valence-electron chi connectivity index (χ1n) is 7.59. The Labute approximate surface area is 131 Å². The predicted octanol–water partition coefficient (Wildman–Crippen LogP) is 3.36. The summed E-state index contributed by atoms with van der Waals surface area (Å²) in [5.41, 5.74) is 0. The van der Waals surface area contributed by atoms with Crippen molar-refractivity contribution in [2.75, 3.05) is 11.5 Å². The summed E-state index contributed by atoms with van der Waals surface area (Å²) >= 11 is 3.98. The average Bonchev–Trinajstić information content (AvgIpc) is 2.70. The molecule has 0 aromatic rings. The largest absolute Gasteiger partial charge is 0.392 e. The van der Waals surface area contributed by atoms with Crippen molar-refractivity contribution < 1.29 is 14.6 Å². The normalized spacial score (nSPS) is 35.7. The average molecular weight is 321 g/mol. The van der Waals surface area contributed by atoms with E-state index in [1.165, 1.54) is 17.9 Å². The minimum absolute atomic E-state index is 0.0268. The first kappa shape index (κ1) is 16.9. The summed E-state index contributed by atoms with van der Waals surface area (Å²) in [6, 6.07) is 0. The number of aliphatic hydroxyl groups excluding tert-OH is 1. The van der Waals surface area contributed by atoms with Gasteiger partial charge in [-0.1, -0.05) is 13.8 Å². The molecule has 3 nitrogen and oxygen atoms in total. The van der Waals surface area contributed by atoms with Gasteiger partial charge in [-0.15, -0.1) is 23.5 Å². The third kappa shape index (κ3) is 3.86. The Morgan fingerprint density at radius 1 is 1.10 bits per heavy atom. The smallest absolute Gasteiger partial charge is 0.163 e. The molecule has 0 aromatic heterocycles. The zero-order valence-corrected chi connectivity index (χ0v) is 14.8. The van der Waals surface area contributed by atoms with Crippen LogP contribution in [0.25, 0.3) is 0 Å². The lowest BCUT2D eigenvalue weighted by atomic mass is 9.88. The highest BCUT2D eigenvalue weighted by atomic mass is 32.2. The summed E-state index contributed by atoms with van der Waals surface area (Å²) in [6.07, 6.45) is 0.951. The number of thioether (sulfide) groups is 2. The van der Waals surface area contributed by atoms with Crippen LogP contribution in [0.1, 0.15) is 41.0 Å². The van der Waals surface area contributed by atoms with Gasteiger partial charge in [-0.05, 0) is 38.7 Å². The third-order valence-electron chi connectivity index (χ3n) is 4.23. The van der Waals surface area contributed by atoms with E-state index in [1.54, 1.807) is 0 Å². The molecule has 2 aliphatic rings. The molecule has 0 unspecified atom stereocenters. The molecule has 0 saturated carbocycles. The predicted molar refractivity (Wildman–Crippen MR) is 87.2 cm³/mol. The first-order chi connectivity index (χ1) is 9.32. The van der Waals surface area contributed by atoms with Gasteiger partial charge in [-0.3, -0.25) is 0 Å². The van der Waals surface area contributed by atoms with Gasteiger partial charge >= 0.3 is 0 Å². The van der Waals surface area contributed by atoms with Crippen LogP contribution in [-0.2, 0) is 9.47 Å². The molecule has 0 spiro atoms. The number of aliphatic hydroxyl groups is 1. The molecule has 0 aromatic carbocycles.